The highest BCUT2D eigenvalue weighted by Crippen LogP contribution is 2.84. The number of allylic oxidation sites excluding steroid dienone is 2. The van der Waals surface area contributed by atoms with Crippen molar-refractivity contribution < 1.29 is 18.4 Å². The Labute approximate surface area is 282 Å². The van der Waals surface area contributed by atoms with Crippen molar-refractivity contribution in [1.29, 1.82) is 0 Å². The number of halogens is 1. The van der Waals surface area contributed by atoms with E-state index in [9.17, 15) is 4.79 Å². The molecule has 4 bridgehead atoms. The summed E-state index contributed by atoms with van der Waals surface area (Å²) in [7, 11) is -4.25. The molecule has 256 valence electrons. The number of hydrogen-bond donors (Lipinski definition) is 0. The van der Waals surface area contributed by atoms with Crippen molar-refractivity contribution in [3.63, 3.8) is 0 Å². The van der Waals surface area contributed by atoms with Crippen molar-refractivity contribution in [3.8, 4) is 0 Å². The highest BCUT2D eigenvalue weighted by Gasteiger charge is 2.83. The molecule has 0 unspecified atom stereocenters. The highest BCUT2D eigenvalue weighted by atomic mass is 35.5. The second-order valence-corrected chi connectivity index (χ2v) is 29.7. The van der Waals surface area contributed by atoms with Crippen LogP contribution in [0.15, 0.2) is 11.1 Å². The van der Waals surface area contributed by atoms with Gasteiger partial charge in [0, 0.05) is 10.4 Å². The largest absolute Gasteiger partial charge is 0.466 e. The quantitative estimate of drug-likeness (QED) is 0.180. The van der Waals surface area contributed by atoms with E-state index in [-0.39, 0.29) is 45.9 Å². The smallest absolute Gasteiger partial charge is 0.309 e. The van der Waals surface area contributed by atoms with Crippen LogP contribution in [0.1, 0.15) is 115 Å². The van der Waals surface area contributed by atoms with Crippen LogP contribution in [0.4, 0.5) is 0 Å². The molecule has 0 saturated heterocycles. The summed E-state index contributed by atoms with van der Waals surface area (Å²) < 4.78 is 21.6. The van der Waals surface area contributed by atoms with E-state index in [2.05, 4.69) is 88.4 Å². The lowest BCUT2D eigenvalue weighted by Crippen LogP contribution is -2.68. The summed E-state index contributed by atoms with van der Waals surface area (Å²) in [5, 5.41) is 1.21. The Morgan fingerprint density at radius 1 is 1.02 bits per heavy atom. The number of ether oxygens (including phenoxy) is 1. The number of carbonyl (C=O) groups excluding carboxylic acids is 1. The summed E-state index contributed by atoms with van der Waals surface area (Å²) in [6.07, 6.45) is 9.33. The Kier molecular flexibility index (Phi) is 8.43. The van der Waals surface area contributed by atoms with Gasteiger partial charge in [-0.1, -0.05) is 86.9 Å². The van der Waals surface area contributed by atoms with Crippen LogP contribution in [0.5, 0.6) is 0 Å². The molecule has 10 atom stereocenters. The van der Waals surface area contributed by atoms with Gasteiger partial charge < -0.3 is 13.6 Å². The zero-order chi connectivity index (χ0) is 33.3. The summed E-state index contributed by atoms with van der Waals surface area (Å²) in [6, 6.07) is 0. The van der Waals surface area contributed by atoms with Gasteiger partial charge in [-0.2, -0.15) is 0 Å². The van der Waals surface area contributed by atoms with Gasteiger partial charge in [-0.25, -0.2) is 0 Å². The van der Waals surface area contributed by atoms with Crippen LogP contribution in [0, 0.1) is 52.3 Å². The van der Waals surface area contributed by atoms with Crippen LogP contribution < -0.4 is 0 Å². The first-order valence-electron chi connectivity index (χ1n) is 18.7. The Balaban J connectivity index is 1.54. The second kappa shape index (κ2) is 10.9. The first kappa shape index (κ1) is 34.7. The lowest BCUT2D eigenvalue weighted by Gasteiger charge is -2.66. The van der Waals surface area contributed by atoms with Gasteiger partial charge in [-0.3, -0.25) is 4.79 Å². The molecule has 6 aliphatic carbocycles. The molecule has 0 radical (unpaired) electrons. The molecule has 0 aromatic rings. The molecule has 0 N–H and O–H groups in total. The molecule has 0 aromatic carbocycles. The Morgan fingerprint density at radius 3 is 2.13 bits per heavy atom. The number of esters is 1. The molecule has 0 aromatic heterocycles. The predicted octanol–water partition coefficient (Wildman–Crippen LogP) is 10.7. The van der Waals surface area contributed by atoms with Gasteiger partial charge in [0.15, 0.2) is 8.32 Å². The second-order valence-electron chi connectivity index (χ2n) is 19.1. The van der Waals surface area contributed by atoms with E-state index in [1.807, 2.05) is 6.92 Å². The molecule has 5 fully saturated rings. The average molecular weight is 678 g/mol. The SMILES string of the molecule is CCOC(=O)[C@H]1CC[C@]2(O[Si](C)(C)C(C)(C)C)C[C@@]23C[C@H]2[C@H](O[Si](C(C)C)(C(C)C)C(C)C)[C@@H]([C@@H]13)[C@@H]1C=C(Cl)[C@@H](C)[C@@H]2C12CC2. The van der Waals surface area contributed by atoms with Crippen LogP contribution in [0.2, 0.25) is 34.8 Å². The molecule has 6 rings (SSSR count). The fourth-order valence-electron chi connectivity index (χ4n) is 12.6. The fourth-order valence-corrected chi connectivity index (χ4v) is 20.2. The van der Waals surface area contributed by atoms with Crippen molar-refractivity contribution >= 4 is 34.2 Å². The van der Waals surface area contributed by atoms with Gasteiger partial charge >= 0.3 is 5.97 Å². The zero-order valence-corrected chi connectivity index (χ0v) is 33.6. The highest BCUT2D eigenvalue weighted by molar-refractivity contribution is 6.77. The van der Waals surface area contributed by atoms with Crippen LogP contribution in [0.25, 0.3) is 0 Å². The molecule has 2 spiro atoms. The van der Waals surface area contributed by atoms with E-state index in [1.54, 1.807) is 0 Å². The molecular weight excluding hydrogens is 612 g/mol. The maximum atomic E-state index is 14.1. The summed E-state index contributed by atoms with van der Waals surface area (Å²) in [5.74, 6) is 2.17. The van der Waals surface area contributed by atoms with Gasteiger partial charge in [-0.15, -0.1) is 0 Å². The third-order valence-corrected chi connectivity index (χ3v) is 26.4. The molecule has 7 heteroatoms. The minimum absolute atomic E-state index is 0.0233. The Morgan fingerprint density at radius 2 is 1.62 bits per heavy atom. The van der Waals surface area contributed by atoms with Gasteiger partial charge in [0.2, 0.25) is 8.32 Å². The first-order chi connectivity index (χ1) is 20.8. The predicted molar refractivity (Wildman–Crippen MR) is 190 cm³/mol. The number of fused-ring (bicyclic) bond motifs is 5. The van der Waals surface area contributed by atoms with Gasteiger partial charge in [0.25, 0.3) is 0 Å². The van der Waals surface area contributed by atoms with E-state index >= 15 is 0 Å². The maximum absolute atomic E-state index is 14.1. The van der Waals surface area contributed by atoms with Gasteiger partial charge in [-0.05, 0) is 121 Å². The van der Waals surface area contributed by atoms with E-state index in [0.717, 1.165) is 30.7 Å². The van der Waals surface area contributed by atoms with E-state index < -0.39 is 16.6 Å². The number of rotatable bonds is 9. The van der Waals surface area contributed by atoms with Crippen LogP contribution in [-0.4, -0.2) is 40.9 Å². The standard InChI is InChI=1S/C38H65ClO4Si2/c1-14-41-34(40)26-15-16-38(43-44(12,13)35(9,10)11)21-37(38)20-27-31-25(8)29(39)19-28(36(31)17-18-36)30(32(26)37)33(27)42-45(22(2)3,23(4)5)24(6)7/h19,22-28,30-33H,14-18,20-21H2,1-13H3/t25-,26+,27-,28+,30-,31+,32-,33+,37-,38+/m1/s1. The lowest BCUT2D eigenvalue weighted by atomic mass is 9.42. The third-order valence-electron chi connectivity index (χ3n) is 15.4. The zero-order valence-electron chi connectivity index (χ0n) is 30.9. The minimum Gasteiger partial charge on any atom is -0.466 e. The Bertz CT molecular complexity index is 1190. The molecule has 0 amide bonds. The fraction of sp³-hybridized carbons (Fsp3) is 0.921. The molecule has 5 saturated carbocycles. The van der Waals surface area contributed by atoms with Crippen LogP contribution in [0.3, 0.4) is 0 Å². The van der Waals surface area contributed by atoms with Crippen molar-refractivity contribution in [1.82, 2.24) is 0 Å². The maximum Gasteiger partial charge on any atom is 0.309 e. The summed E-state index contributed by atoms with van der Waals surface area (Å²) in [5.41, 5.74) is 1.79. The molecule has 4 nitrogen and oxygen atoms in total. The van der Waals surface area contributed by atoms with Gasteiger partial charge in [0.05, 0.1) is 24.2 Å². The summed E-state index contributed by atoms with van der Waals surface area (Å²) >= 11 is 7.22. The molecule has 45 heavy (non-hydrogen) atoms. The lowest BCUT2D eigenvalue weighted by molar-refractivity contribution is -0.201. The monoisotopic (exact) mass is 676 g/mol. The van der Waals surface area contributed by atoms with Crippen molar-refractivity contribution in [2.75, 3.05) is 6.61 Å². The van der Waals surface area contributed by atoms with E-state index in [0.29, 0.717) is 52.3 Å². The Hall–Kier alpha value is -0.146. The molecular formula is C38H65ClO4Si2. The molecule has 0 aliphatic heterocycles. The topological polar surface area (TPSA) is 44.8 Å². The third kappa shape index (κ3) is 4.70. The van der Waals surface area contributed by atoms with E-state index in [4.69, 9.17) is 25.2 Å². The van der Waals surface area contributed by atoms with Crippen LogP contribution in [-0.2, 0) is 18.4 Å². The number of hydrogen-bond acceptors (Lipinski definition) is 4. The average Bonchev–Trinajstić information content (AvgIpc) is 3.81. The summed E-state index contributed by atoms with van der Waals surface area (Å²) in [6.45, 7) is 31.4. The van der Waals surface area contributed by atoms with Crippen LogP contribution >= 0.6 is 11.6 Å². The normalized spacial score (nSPS) is 41.6. The molecule has 6 aliphatic rings. The van der Waals surface area contributed by atoms with Crippen molar-refractivity contribution in [2.24, 2.45) is 52.3 Å². The van der Waals surface area contributed by atoms with Gasteiger partial charge in [0.1, 0.15) is 0 Å². The summed E-state index contributed by atoms with van der Waals surface area (Å²) in [4.78, 5) is 14.1. The molecule has 0 heterocycles. The first-order valence-corrected chi connectivity index (χ1v) is 24.1. The van der Waals surface area contributed by atoms with Crippen molar-refractivity contribution in [2.45, 2.75) is 161 Å². The van der Waals surface area contributed by atoms with E-state index in [1.165, 1.54) is 12.8 Å². The van der Waals surface area contributed by atoms with Crippen molar-refractivity contribution in [3.05, 3.63) is 11.1 Å². The minimum atomic E-state index is -2.20. The number of carbonyl (C=O) groups is 1.